The zero-order chi connectivity index (χ0) is 35.4. The van der Waals surface area contributed by atoms with Crippen molar-refractivity contribution in [3.05, 3.63) is 102 Å². The molecule has 1 aliphatic rings. The van der Waals surface area contributed by atoms with Gasteiger partial charge in [-0.15, -0.1) is 0 Å². The van der Waals surface area contributed by atoms with Crippen LogP contribution in [0.1, 0.15) is 76.6 Å². The Morgan fingerprint density at radius 3 is 2.31 bits per heavy atom. The number of ether oxygens (including phenoxy) is 1. The normalized spacial score (nSPS) is 18.7. The lowest BCUT2D eigenvalue weighted by atomic mass is 9.85. The summed E-state index contributed by atoms with van der Waals surface area (Å²) < 4.78 is 5.37. The molecule has 3 amide bonds. The number of benzene rings is 2. The van der Waals surface area contributed by atoms with Gasteiger partial charge in [0.15, 0.2) is 0 Å². The van der Waals surface area contributed by atoms with E-state index in [1.807, 2.05) is 83.1 Å². The van der Waals surface area contributed by atoms with Crippen molar-refractivity contribution in [2.24, 2.45) is 5.92 Å². The second-order valence-corrected chi connectivity index (χ2v) is 14.0. The van der Waals surface area contributed by atoms with Gasteiger partial charge in [-0.2, -0.15) is 0 Å². The van der Waals surface area contributed by atoms with Crippen LogP contribution in [0.25, 0.3) is 0 Å². The Labute approximate surface area is 291 Å². The van der Waals surface area contributed by atoms with Gasteiger partial charge in [0.1, 0.15) is 12.6 Å². The molecule has 0 spiro atoms. The number of aliphatic hydroxyl groups excluding tert-OH is 1. The highest BCUT2D eigenvalue weighted by molar-refractivity contribution is 5.86. The zero-order valence-electron chi connectivity index (χ0n) is 29.5. The van der Waals surface area contributed by atoms with E-state index in [1.54, 1.807) is 29.3 Å². The van der Waals surface area contributed by atoms with Crippen LogP contribution in [0, 0.1) is 5.92 Å². The molecule has 10 nitrogen and oxygen atoms in total. The monoisotopic (exact) mass is 671 g/mol. The lowest BCUT2D eigenvalue weighted by molar-refractivity contribution is -0.141. The largest absolute Gasteiger partial charge is 0.443 e. The topological polar surface area (TPSA) is 133 Å². The first-order valence-corrected chi connectivity index (χ1v) is 17.4. The van der Waals surface area contributed by atoms with E-state index in [4.69, 9.17) is 4.74 Å². The Balaban J connectivity index is 1.50. The molecule has 0 unspecified atom stereocenters. The van der Waals surface area contributed by atoms with Crippen molar-refractivity contribution in [3.8, 4) is 0 Å². The number of aliphatic hydroxyl groups is 1. The Bertz CT molecular complexity index is 1470. The van der Waals surface area contributed by atoms with Gasteiger partial charge >= 0.3 is 6.09 Å². The molecule has 3 aromatic rings. The first-order valence-electron chi connectivity index (χ1n) is 17.4. The van der Waals surface area contributed by atoms with E-state index in [2.05, 4.69) is 33.1 Å². The first-order chi connectivity index (χ1) is 23.5. The number of aromatic nitrogens is 1. The van der Waals surface area contributed by atoms with E-state index in [0.717, 1.165) is 18.5 Å². The fourth-order valence-corrected chi connectivity index (χ4v) is 6.25. The summed E-state index contributed by atoms with van der Waals surface area (Å²) in [6.07, 6.45) is 2.34. The molecule has 49 heavy (non-hydrogen) atoms. The summed E-state index contributed by atoms with van der Waals surface area (Å²) in [5.74, 6) is -0.474. The van der Waals surface area contributed by atoms with Crippen LogP contribution in [0.4, 0.5) is 4.79 Å². The number of carbonyl (C=O) groups excluding carboxylic acids is 3. The third-order valence-electron chi connectivity index (χ3n) is 9.35. The molecule has 1 saturated heterocycles. The van der Waals surface area contributed by atoms with E-state index in [-0.39, 0.29) is 30.9 Å². The fourth-order valence-electron chi connectivity index (χ4n) is 6.25. The van der Waals surface area contributed by atoms with Gasteiger partial charge in [-0.25, -0.2) is 4.79 Å². The molecule has 1 aliphatic heterocycles. The van der Waals surface area contributed by atoms with E-state index < -0.39 is 41.8 Å². The van der Waals surface area contributed by atoms with Crippen molar-refractivity contribution in [3.63, 3.8) is 0 Å². The van der Waals surface area contributed by atoms with Gasteiger partial charge in [-0.3, -0.25) is 14.6 Å². The summed E-state index contributed by atoms with van der Waals surface area (Å²) in [6, 6.07) is 23.2. The van der Waals surface area contributed by atoms with Crippen molar-refractivity contribution >= 4 is 17.9 Å². The molecular weight excluding hydrogens is 618 g/mol. The average molecular weight is 672 g/mol. The molecule has 6 atom stereocenters. The number of alkyl carbamates (subject to hydrolysis) is 1. The minimum Gasteiger partial charge on any atom is -0.443 e. The van der Waals surface area contributed by atoms with Gasteiger partial charge in [0.2, 0.25) is 11.8 Å². The number of hydrogen-bond donors (Lipinski definition) is 4. The van der Waals surface area contributed by atoms with Gasteiger partial charge in [0.25, 0.3) is 0 Å². The number of pyridine rings is 1. The molecule has 4 N–H and O–H groups in total. The van der Waals surface area contributed by atoms with Crippen LogP contribution < -0.4 is 16.0 Å². The second-order valence-electron chi connectivity index (χ2n) is 14.0. The third kappa shape index (κ3) is 11.1. The van der Waals surface area contributed by atoms with Crippen molar-refractivity contribution < 1.29 is 24.2 Å². The van der Waals surface area contributed by atoms with Crippen LogP contribution in [0.3, 0.4) is 0 Å². The van der Waals surface area contributed by atoms with Gasteiger partial charge in [-0.1, -0.05) is 87.0 Å². The van der Waals surface area contributed by atoms with Gasteiger partial charge in [0.05, 0.1) is 23.9 Å². The molecule has 1 fully saturated rings. The summed E-state index contributed by atoms with van der Waals surface area (Å²) in [5, 5.41) is 21.0. The predicted octanol–water partition coefficient (Wildman–Crippen LogP) is 4.97. The molecule has 0 radical (unpaired) electrons. The molecule has 2 heterocycles. The van der Waals surface area contributed by atoms with E-state index >= 15 is 0 Å². The number of piperidine rings is 1. The molecule has 0 bridgehead atoms. The number of carbonyl (C=O) groups is 3. The molecular formula is C39H53N5O5. The van der Waals surface area contributed by atoms with E-state index in [0.29, 0.717) is 25.0 Å². The lowest BCUT2D eigenvalue weighted by Crippen LogP contribution is -2.61. The number of β-amino-alcohol motifs (C(OH)–C–C–N with tert-alkyl or cyclic N) is 1. The summed E-state index contributed by atoms with van der Waals surface area (Å²) in [7, 11) is 0. The number of hydrogen-bond acceptors (Lipinski definition) is 7. The van der Waals surface area contributed by atoms with Crippen molar-refractivity contribution in [1.29, 1.82) is 0 Å². The second kappa shape index (κ2) is 17.9. The maximum absolute atomic E-state index is 14.2. The van der Waals surface area contributed by atoms with Crippen molar-refractivity contribution in [2.75, 3.05) is 13.1 Å². The summed E-state index contributed by atoms with van der Waals surface area (Å²) in [4.78, 5) is 46.8. The van der Waals surface area contributed by atoms with E-state index in [9.17, 15) is 19.5 Å². The highest BCUT2D eigenvalue weighted by Gasteiger charge is 2.38. The van der Waals surface area contributed by atoms with Gasteiger partial charge < -0.3 is 30.7 Å². The number of rotatable bonds is 14. The first kappa shape index (κ1) is 37.5. The molecule has 1 aromatic heterocycles. The van der Waals surface area contributed by atoms with Crippen LogP contribution in [0.5, 0.6) is 0 Å². The highest BCUT2D eigenvalue weighted by atomic mass is 16.5. The third-order valence-corrected chi connectivity index (χ3v) is 9.35. The standard InChI is InChI=1S/C39H53N5O5/c1-6-27(2)35(43-38(48)49-26-31-19-13-14-21-40-31)36(46)42-32(23-28-15-9-7-10-16-28)34(45)25-44(39(3,4)5)37(47)33-24-30(20-22-41-33)29-17-11-8-12-18-29/h7-19,21,27,30,32-35,41,45H,6,20,22-26H2,1-5H3,(H,42,46)(H,43,48)/t27-,30+,32-,33-,34+,35-/m0/s1. The molecule has 4 rings (SSSR count). The molecule has 0 saturated carbocycles. The zero-order valence-corrected chi connectivity index (χ0v) is 29.5. The smallest absolute Gasteiger partial charge is 0.408 e. The maximum atomic E-state index is 14.2. The van der Waals surface area contributed by atoms with Crippen LogP contribution in [0.2, 0.25) is 0 Å². The number of nitrogens with one attached hydrogen (secondary N) is 3. The highest BCUT2D eigenvalue weighted by Crippen LogP contribution is 2.29. The summed E-state index contributed by atoms with van der Waals surface area (Å²) >= 11 is 0. The quantitative estimate of drug-likeness (QED) is 0.190. The molecule has 2 aromatic carbocycles. The molecule has 264 valence electrons. The SMILES string of the molecule is CC[C@H](C)[C@H](NC(=O)OCc1ccccn1)C(=O)N[C@@H](Cc1ccccc1)[C@H](O)CN(C(=O)[C@@H]1C[C@H](c2ccccc2)CCN1)C(C)(C)C. The van der Waals surface area contributed by atoms with Crippen LogP contribution in [-0.2, 0) is 27.4 Å². The van der Waals surface area contributed by atoms with Crippen LogP contribution in [0.15, 0.2) is 85.1 Å². The minimum absolute atomic E-state index is 0.0157. The minimum atomic E-state index is -1.10. The fraction of sp³-hybridized carbons (Fsp3) is 0.487. The summed E-state index contributed by atoms with van der Waals surface area (Å²) in [5.41, 5.74) is 2.13. The molecule has 0 aliphatic carbocycles. The number of nitrogens with zero attached hydrogens (tertiary/aromatic N) is 2. The van der Waals surface area contributed by atoms with E-state index in [1.165, 1.54) is 5.56 Å². The van der Waals surface area contributed by atoms with Crippen molar-refractivity contribution in [2.45, 2.75) is 103 Å². The Kier molecular flexibility index (Phi) is 13.7. The number of amides is 3. The average Bonchev–Trinajstić information content (AvgIpc) is 3.11. The maximum Gasteiger partial charge on any atom is 0.408 e. The Morgan fingerprint density at radius 2 is 1.67 bits per heavy atom. The molecule has 10 heteroatoms. The predicted molar refractivity (Wildman–Crippen MR) is 191 cm³/mol. The van der Waals surface area contributed by atoms with Gasteiger partial charge in [-0.05, 0) is 81.7 Å². The van der Waals surface area contributed by atoms with Crippen molar-refractivity contribution in [1.82, 2.24) is 25.8 Å². The van der Waals surface area contributed by atoms with Crippen LogP contribution >= 0.6 is 0 Å². The van der Waals surface area contributed by atoms with Crippen LogP contribution in [-0.4, -0.2) is 75.8 Å². The Morgan fingerprint density at radius 1 is 1.00 bits per heavy atom. The summed E-state index contributed by atoms with van der Waals surface area (Å²) in [6.45, 7) is 10.4. The Hall–Kier alpha value is -4.28. The van der Waals surface area contributed by atoms with Gasteiger partial charge in [0, 0.05) is 18.3 Å². The lowest BCUT2D eigenvalue weighted by Gasteiger charge is -2.42.